The summed E-state index contributed by atoms with van der Waals surface area (Å²) < 4.78 is 0. The zero-order chi connectivity index (χ0) is 16.1. The Labute approximate surface area is 141 Å². The number of likely N-dealkylation sites (tertiary alicyclic amines) is 1. The van der Waals surface area contributed by atoms with Gasteiger partial charge in [0.15, 0.2) is 0 Å². The topological polar surface area (TPSA) is 3.24 Å². The molecular formula is C22H29N. The van der Waals surface area contributed by atoms with E-state index in [0.717, 1.165) is 12.5 Å². The van der Waals surface area contributed by atoms with Gasteiger partial charge < -0.3 is 0 Å². The molecule has 0 aliphatic carbocycles. The lowest BCUT2D eigenvalue weighted by molar-refractivity contribution is 0.177. The summed E-state index contributed by atoms with van der Waals surface area (Å²) in [6, 6.07) is 20.2. The molecule has 23 heavy (non-hydrogen) atoms. The van der Waals surface area contributed by atoms with Crippen molar-refractivity contribution in [2.45, 2.75) is 45.6 Å². The Bertz CT molecular complexity index is 577. The van der Waals surface area contributed by atoms with E-state index in [0.29, 0.717) is 5.92 Å². The molecule has 0 N–H and O–H groups in total. The summed E-state index contributed by atoms with van der Waals surface area (Å²) in [7, 11) is 0. The van der Waals surface area contributed by atoms with Crippen LogP contribution in [0.3, 0.4) is 0 Å². The molecule has 0 saturated carbocycles. The Balaban J connectivity index is 1.47. The molecule has 1 nitrogen and oxygen atoms in total. The molecule has 1 heterocycles. The van der Waals surface area contributed by atoms with Crippen molar-refractivity contribution in [1.29, 1.82) is 0 Å². The summed E-state index contributed by atoms with van der Waals surface area (Å²) >= 11 is 0. The third-order valence-electron chi connectivity index (χ3n) is 5.13. The maximum Gasteiger partial charge on any atom is 0.0233 e. The molecule has 1 aliphatic rings. The zero-order valence-electron chi connectivity index (χ0n) is 14.5. The van der Waals surface area contributed by atoms with Crippen molar-refractivity contribution in [2.24, 2.45) is 5.92 Å². The highest BCUT2D eigenvalue weighted by Gasteiger charge is 2.19. The van der Waals surface area contributed by atoms with Crippen LogP contribution in [0.15, 0.2) is 54.6 Å². The highest BCUT2D eigenvalue weighted by molar-refractivity contribution is 5.25. The zero-order valence-corrected chi connectivity index (χ0v) is 14.5. The number of hydrogen-bond donors (Lipinski definition) is 0. The van der Waals surface area contributed by atoms with Gasteiger partial charge in [-0.15, -0.1) is 0 Å². The summed E-state index contributed by atoms with van der Waals surface area (Å²) in [5.74, 6) is 1.48. The molecule has 0 radical (unpaired) electrons. The Morgan fingerprint density at radius 2 is 1.52 bits per heavy atom. The molecule has 1 saturated heterocycles. The van der Waals surface area contributed by atoms with Crippen LogP contribution in [0.4, 0.5) is 0 Å². The van der Waals surface area contributed by atoms with Gasteiger partial charge in [0.05, 0.1) is 0 Å². The summed E-state index contributed by atoms with van der Waals surface area (Å²) in [6.07, 6.45) is 3.91. The van der Waals surface area contributed by atoms with Crippen LogP contribution in [-0.4, -0.2) is 18.0 Å². The minimum Gasteiger partial charge on any atom is -0.299 e. The van der Waals surface area contributed by atoms with Gasteiger partial charge in [0.1, 0.15) is 0 Å². The minimum atomic E-state index is 0.630. The first-order chi connectivity index (χ1) is 11.2. The van der Waals surface area contributed by atoms with Crippen molar-refractivity contribution >= 4 is 0 Å². The highest BCUT2D eigenvalue weighted by atomic mass is 15.1. The molecule has 122 valence electrons. The van der Waals surface area contributed by atoms with E-state index in [1.165, 1.54) is 49.0 Å². The van der Waals surface area contributed by atoms with E-state index in [2.05, 4.69) is 73.3 Å². The normalized spacial score (nSPS) is 16.8. The first kappa shape index (κ1) is 16.3. The van der Waals surface area contributed by atoms with Gasteiger partial charge >= 0.3 is 0 Å². The summed E-state index contributed by atoms with van der Waals surface area (Å²) in [6.45, 7) is 8.11. The summed E-state index contributed by atoms with van der Waals surface area (Å²) in [5, 5.41) is 0. The van der Waals surface area contributed by atoms with Crippen LogP contribution in [-0.2, 0) is 13.0 Å². The number of benzene rings is 2. The van der Waals surface area contributed by atoms with Crippen LogP contribution < -0.4 is 0 Å². The third-order valence-corrected chi connectivity index (χ3v) is 5.13. The van der Waals surface area contributed by atoms with Crippen LogP contribution in [0, 0.1) is 5.92 Å². The molecule has 1 fully saturated rings. The third kappa shape index (κ3) is 4.68. The molecule has 0 aromatic heterocycles. The fraction of sp³-hybridized carbons (Fsp3) is 0.455. The molecule has 2 aromatic rings. The standard InChI is InChI=1S/C22H29N/c1-18(2)22-10-8-19(9-11-22)16-20-12-14-23(15-13-20)17-21-6-4-3-5-7-21/h3-11,18,20H,12-17H2,1-2H3. The second-order valence-electron chi connectivity index (χ2n) is 7.31. The molecule has 0 bridgehead atoms. The fourth-order valence-corrected chi connectivity index (χ4v) is 3.56. The van der Waals surface area contributed by atoms with Gasteiger partial charge in [0.2, 0.25) is 0 Å². The second kappa shape index (κ2) is 7.79. The largest absolute Gasteiger partial charge is 0.299 e. The molecule has 0 unspecified atom stereocenters. The molecule has 3 rings (SSSR count). The lowest BCUT2D eigenvalue weighted by Crippen LogP contribution is -2.33. The van der Waals surface area contributed by atoms with Crippen LogP contribution >= 0.6 is 0 Å². The SMILES string of the molecule is CC(C)c1ccc(CC2CCN(Cc3ccccc3)CC2)cc1. The Morgan fingerprint density at radius 1 is 0.870 bits per heavy atom. The Hall–Kier alpha value is -1.60. The average molecular weight is 307 g/mol. The van der Waals surface area contributed by atoms with Crippen LogP contribution in [0.2, 0.25) is 0 Å². The quantitative estimate of drug-likeness (QED) is 0.728. The molecule has 1 aliphatic heterocycles. The lowest BCUT2D eigenvalue weighted by Gasteiger charge is -2.32. The highest BCUT2D eigenvalue weighted by Crippen LogP contribution is 2.24. The smallest absolute Gasteiger partial charge is 0.0233 e. The van der Waals surface area contributed by atoms with Crippen molar-refractivity contribution in [3.63, 3.8) is 0 Å². The summed E-state index contributed by atoms with van der Waals surface area (Å²) in [4.78, 5) is 2.60. The van der Waals surface area contributed by atoms with Gasteiger partial charge in [-0.3, -0.25) is 4.90 Å². The van der Waals surface area contributed by atoms with Gasteiger partial charge in [-0.2, -0.15) is 0 Å². The average Bonchev–Trinajstić information content (AvgIpc) is 2.58. The maximum absolute atomic E-state index is 2.60. The van der Waals surface area contributed by atoms with E-state index in [1.807, 2.05) is 0 Å². The molecular weight excluding hydrogens is 278 g/mol. The van der Waals surface area contributed by atoms with E-state index in [4.69, 9.17) is 0 Å². The second-order valence-corrected chi connectivity index (χ2v) is 7.31. The predicted molar refractivity (Wildman–Crippen MR) is 98.7 cm³/mol. The van der Waals surface area contributed by atoms with Crippen molar-refractivity contribution in [1.82, 2.24) is 4.90 Å². The van der Waals surface area contributed by atoms with Crippen molar-refractivity contribution in [3.05, 3.63) is 71.3 Å². The molecule has 1 heteroatoms. The Morgan fingerprint density at radius 3 is 2.13 bits per heavy atom. The van der Waals surface area contributed by atoms with Gasteiger partial charge in [-0.05, 0) is 60.9 Å². The van der Waals surface area contributed by atoms with Gasteiger partial charge in [-0.1, -0.05) is 68.4 Å². The van der Waals surface area contributed by atoms with Crippen LogP contribution in [0.25, 0.3) is 0 Å². The minimum absolute atomic E-state index is 0.630. The number of nitrogens with zero attached hydrogens (tertiary/aromatic N) is 1. The summed E-state index contributed by atoms with van der Waals surface area (Å²) in [5.41, 5.74) is 4.40. The van der Waals surface area contributed by atoms with Gasteiger partial charge in [-0.25, -0.2) is 0 Å². The van der Waals surface area contributed by atoms with Crippen molar-refractivity contribution in [3.8, 4) is 0 Å². The van der Waals surface area contributed by atoms with Crippen LogP contribution in [0.1, 0.15) is 49.3 Å². The molecule has 0 amide bonds. The van der Waals surface area contributed by atoms with Crippen LogP contribution in [0.5, 0.6) is 0 Å². The Kier molecular flexibility index (Phi) is 5.51. The van der Waals surface area contributed by atoms with Gasteiger partial charge in [0, 0.05) is 6.54 Å². The number of rotatable bonds is 5. The van der Waals surface area contributed by atoms with E-state index in [-0.39, 0.29) is 0 Å². The van der Waals surface area contributed by atoms with E-state index in [1.54, 1.807) is 0 Å². The first-order valence-electron chi connectivity index (χ1n) is 9.06. The number of hydrogen-bond acceptors (Lipinski definition) is 1. The number of piperidine rings is 1. The van der Waals surface area contributed by atoms with Crippen molar-refractivity contribution < 1.29 is 0 Å². The first-order valence-corrected chi connectivity index (χ1v) is 9.06. The van der Waals surface area contributed by atoms with E-state index < -0.39 is 0 Å². The van der Waals surface area contributed by atoms with E-state index in [9.17, 15) is 0 Å². The lowest BCUT2D eigenvalue weighted by atomic mass is 9.89. The van der Waals surface area contributed by atoms with E-state index >= 15 is 0 Å². The molecule has 0 atom stereocenters. The monoisotopic (exact) mass is 307 g/mol. The predicted octanol–water partition coefficient (Wildman–Crippen LogP) is 5.26. The molecule has 2 aromatic carbocycles. The van der Waals surface area contributed by atoms with Crippen molar-refractivity contribution in [2.75, 3.05) is 13.1 Å². The van der Waals surface area contributed by atoms with Gasteiger partial charge in [0.25, 0.3) is 0 Å². The molecule has 0 spiro atoms. The fourth-order valence-electron chi connectivity index (χ4n) is 3.56. The maximum atomic E-state index is 2.60.